The van der Waals surface area contributed by atoms with Gasteiger partial charge in [0, 0.05) is 13.0 Å². The molecule has 2 amide bonds. The largest absolute Gasteiger partial charge is 0.355 e. The van der Waals surface area contributed by atoms with Gasteiger partial charge in [-0.15, -0.1) is 0 Å². The van der Waals surface area contributed by atoms with Crippen molar-refractivity contribution in [3.8, 4) is 0 Å². The average molecular weight is 387 g/mol. The lowest BCUT2D eigenvalue weighted by atomic mass is 10.1. The molecule has 0 aliphatic carbocycles. The summed E-state index contributed by atoms with van der Waals surface area (Å²) in [6, 6.07) is 29.2. The standard InChI is InChI=1S/C24H25N3O2/c28-23(16-17-25-24(29)18-20-10-4-1-5-11-20)26-27(22-14-8-3-9-15-22)19-21-12-6-2-7-13-21/h1-15H,16-19H2,(H,25,29)(H,26,28). The summed E-state index contributed by atoms with van der Waals surface area (Å²) in [6.07, 6.45) is 0.519. The smallest absolute Gasteiger partial charge is 0.240 e. The van der Waals surface area contributed by atoms with Gasteiger partial charge in [0.25, 0.3) is 0 Å². The molecule has 148 valence electrons. The molecule has 3 rings (SSSR count). The summed E-state index contributed by atoms with van der Waals surface area (Å²) >= 11 is 0. The molecule has 29 heavy (non-hydrogen) atoms. The van der Waals surface area contributed by atoms with Crippen molar-refractivity contribution in [3.05, 3.63) is 102 Å². The molecule has 0 fully saturated rings. The van der Waals surface area contributed by atoms with Crippen molar-refractivity contribution in [1.29, 1.82) is 0 Å². The molecule has 0 aliphatic heterocycles. The van der Waals surface area contributed by atoms with Crippen LogP contribution in [0.2, 0.25) is 0 Å². The van der Waals surface area contributed by atoms with E-state index in [-0.39, 0.29) is 18.2 Å². The van der Waals surface area contributed by atoms with Crippen LogP contribution in [0, 0.1) is 0 Å². The summed E-state index contributed by atoms with van der Waals surface area (Å²) in [5.74, 6) is -0.238. The van der Waals surface area contributed by atoms with E-state index in [1.54, 1.807) is 0 Å². The highest BCUT2D eigenvalue weighted by atomic mass is 16.2. The fraction of sp³-hybridized carbons (Fsp3) is 0.167. The van der Waals surface area contributed by atoms with Crippen LogP contribution in [-0.2, 0) is 22.6 Å². The SMILES string of the molecule is O=C(Cc1ccccc1)NCCC(=O)NN(Cc1ccccc1)c1ccccc1. The van der Waals surface area contributed by atoms with Crippen LogP contribution >= 0.6 is 0 Å². The summed E-state index contributed by atoms with van der Waals surface area (Å²) in [7, 11) is 0. The minimum atomic E-state index is -0.148. The molecule has 0 unspecified atom stereocenters. The van der Waals surface area contributed by atoms with Crippen molar-refractivity contribution in [2.75, 3.05) is 11.6 Å². The van der Waals surface area contributed by atoms with Crippen LogP contribution in [0.15, 0.2) is 91.0 Å². The summed E-state index contributed by atoms with van der Waals surface area (Å²) < 4.78 is 0. The number of hydrogen-bond acceptors (Lipinski definition) is 3. The van der Waals surface area contributed by atoms with Crippen LogP contribution in [-0.4, -0.2) is 18.4 Å². The third kappa shape index (κ3) is 6.81. The Balaban J connectivity index is 1.51. The van der Waals surface area contributed by atoms with Crippen LogP contribution in [0.4, 0.5) is 5.69 Å². The van der Waals surface area contributed by atoms with E-state index in [4.69, 9.17) is 0 Å². The predicted molar refractivity (Wildman–Crippen MR) is 115 cm³/mol. The van der Waals surface area contributed by atoms with Gasteiger partial charge in [-0.25, -0.2) is 0 Å². The topological polar surface area (TPSA) is 61.4 Å². The van der Waals surface area contributed by atoms with E-state index in [1.165, 1.54) is 0 Å². The molecule has 0 saturated carbocycles. The quantitative estimate of drug-likeness (QED) is 0.553. The highest BCUT2D eigenvalue weighted by molar-refractivity contribution is 5.81. The minimum Gasteiger partial charge on any atom is -0.355 e. The van der Waals surface area contributed by atoms with Gasteiger partial charge in [0.05, 0.1) is 18.7 Å². The van der Waals surface area contributed by atoms with Crippen LogP contribution in [0.1, 0.15) is 17.5 Å². The normalized spacial score (nSPS) is 10.2. The lowest BCUT2D eigenvalue weighted by molar-refractivity contribution is -0.122. The molecule has 0 spiro atoms. The molecule has 0 saturated heterocycles. The molecule has 0 heterocycles. The Morgan fingerprint density at radius 1 is 0.690 bits per heavy atom. The number of carbonyl (C=O) groups excluding carboxylic acids is 2. The summed E-state index contributed by atoms with van der Waals surface area (Å²) in [5, 5.41) is 4.63. The van der Waals surface area contributed by atoms with Crippen LogP contribution in [0.25, 0.3) is 0 Å². The zero-order valence-corrected chi connectivity index (χ0v) is 16.3. The van der Waals surface area contributed by atoms with Crippen molar-refractivity contribution in [2.45, 2.75) is 19.4 Å². The molecule has 0 bridgehead atoms. The number of anilines is 1. The molecule has 3 aromatic rings. The van der Waals surface area contributed by atoms with Crippen LogP contribution < -0.4 is 15.8 Å². The lowest BCUT2D eigenvalue weighted by Gasteiger charge is -2.25. The number of amides is 2. The zero-order valence-electron chi connectivity index (χ0n) is 16.3. The fourth-order valence-corrected chi connectivity index (χ4v) is 2.93. The van der Waals surface area contributed by atoms with Gasteiger partial charge < -0.3 is 5.32 Å². The Bertz CT molecular complexity index is 899. The molecular weight excluding hydrogens is 362 g/mol. The van der Waals surface area contributed by atoms with E-state index >= 15 is 0 Å². The molecule has 3 aromatic carbocycles. The maximum absolute atomic E-state index is 12.5. The third-order valence-electron chi connectivity index (χ3n) is 4.39. The average Bonchev–Trinajstić information content (AvgIpc) is 2.75. The van der Waals surface area contributed by atoms with Gasteiger partial charge >= 0.3 is 0 Å². The summed E-state index contributed by atoms with van der Waals surface area (Å²) in [5.41, 5.74) is 5.89. The third-order valence-corrected chi connectivity index (χ3v) is 4.39. The Labute approximate surface area is 171 Å². The molecule has 5 heteroatoms. The molecule has 0 radical (unpaired) electrons. The number of para-hydroxylation sites is 1. The number of carbonyl (C=O) groups is 2. The Kier molecular flexibility index (Phi) is 7.41. The van der Waals surface area contributed by atoms with Gasteiger partial charge in [-0.2, -0.15) is 0 Å². The van der Waals surface area contributed by atoms with Crippen LogP contribution in [0.5, 0.6) is 0 Å². The van der Waals surface area contributed by atoms with E-state index in [2.05, 4.69) is 10.7 Å². The highest BCUT2D eigenvalue weighted by Gasteiger charge is 2.11. The molecule has 0 aromatic heterocycles. The van der Waals surface area contributed by atoms with E-state index in [0.29, 0.717) is 19.5 Å². The van der Waals surface area contributed by atoms with Crippen molar-refractivity contribution in [3.63, 3.8) is 0 Å². The fourth-order valence-electron chi connectivity index (χ4n) is 2.93. The Hall–Kier alpha value is -3.60. The predicted octanol–water partition coefficient (Wildman–Crippen LogP) is 3.47. The van der Waals surface area contributed by atoms with E-state index in [1.807, 2.05) is 96.0 Å². The van der Waals surface area contributed by atoms with Gasteiger partial charge in [-0.3, -0.25) is 20.0 Å². The second kappa shape index (κ2) is 10.7. The van der Waals surface area contributed by atoms with Gasteiger partial charge in [-0.1, -0.05) is 78.9 Å². The van der Waals surface area contributed by atoms with E-state index in [9.17, 15) is 9.59 Å². The maximum Gasteiger partial charge on any atom is 0.240 e. The maximum atomic E-state index is 12.5. The van der Waals surface area contributed by atoms with Crippen molar-refractivity contribution in [1.82, 2.24) is 10.7 Å². The molecule has 2 N–H and O–H groups in total. The summed E-state index contributed by atoms with van der Waals surface area (Å²) in [4.78, 5) is 24.5. The number of nitrogens with one attached hydrogen (secondary N) is 2. The molecule has 0 atom stereocenters. The highest BCUT2D eigenvalue weighted by Crippen LogP contribution is 2.14. The first-order valence-corrected chi connectivity index (χ1v) is 9.67. The van der Waals surface area contributed by atoms with Gasteiger partial charge in [-0.05, 0) is 23.3 Å². The van der Waals surface area contributed by atoms with E-state index < -0.39 is 0 Å². The first kappa shape index (κ1) is 20.1. The van der Waals surface area contributed by atoms with E-state index in [0.717, 1.165) is 16.8 Å². The monoisotopic (exact) mass is 387 g/mol. The molecular formula is C24H25N3O2. The number of hydrazine groups is 1. The Morgan fingerprint density at radius 2 is 1.24 bits per heavy atom. The van der Waals surface area contributed by atoms with Gasteiger partial charge in [0.15, 0.2) is 0 Å². The van der Waals surface area contributed by atoms with Crippen molar-refractivity contribution in [2.24, 2.45) is 0 Å². The second-order valence-electron chi connectivity index (χ2n) is 6.70. The summed E-state index contributed by atoms with van der Waals surface area (Å²) in [6.45, 7) is 0.850. The number of benzene rings is 3. The minimum absolute atomic E-state index is 0.0896. The second-order valence-corrected chi connectivity index (χ2v) is 6.70. The Morgan fingerprint density at radius 3 is 1.86 bits per heavy atom. The van der Waals surface area contributed by atoms with Crippen molar-refractivity contribution >= 4 is 17.5 Å². The number of hydrogen-bond donors (Lipinski definition) is 2. The van der Waals surface area contributed by atoms with Gasteiger partial charge in [0.2, 0.25) is 11.8 Å². The van der Waals surface area contributed by atoms with Gasteiger partial charge in [0.1, 0.15) is 0 Å². The number of rotatable bonds is 9. The molecule has 5 nitrogen and oxygen atoms in total. The zero-order chi connectivity index (χ0) is 20.3. The molecule has 0 aliphatic rings. The lowest BCUT2D eigenvalue weighted by Crippen LogP contribution is -2.43. The number of nitrogens with zero attached hydrogens (tertiary/aromatic N) is 1. The van der Waals surface area contributed by atoms with Crippen LogP contribution in [0.3, 0.4) is 0 Å². The van der Waals surface area contributed by atoms with Crippen molar-refractivity contribution < 1.29 is 9.59 Å². The first-order chi connectivity index (χ1) is 14.2. The first-order valence-electron chi connectivity index (χ1n) is 9.67.